The zero-order valence-electron chi connectivity index (χ0n) is 11.6. The zero-order chi connectivity index (χ0) is 15.4. The molecule has 1 aromatic rings. The lowest BCUT2D eigenvalue weighted by Gasteiger charge is -2.08. The lowest BCUT2D eigenvalue weighted by atomic mass is 10.1. The van der Waals surface area contributed by atoms with Crippen molar-refractivity contribution in [2.45, 2.75) is 0 Å². The summed E-state index contributed by atoms with van der Waals surface area (Å²) in [4.78, 5) is 25.2. The Balaban J connectivity index is 2.35. The highest BCUT2D eigenvalue weighted by molar-refractivity contribution is 8.18. The van der Waals surface area contributed by atoms with Crippen LogP contribution in [0.5, 0.6) is 11.5 Å². The summed E-state index contributed by atoms with van der Waals surface area (Å²) in [5.41, 5.74) is 0.685. The quantitative estimate of drug-likeness (QED) is 0.631. The number of carbonyl (C=O) groups excluding carboxylic acids is 2. The SMILES string of the molecule is C#CCN1C(=O)S/C(=C/c2ccc(OC)cc2OC)C1=O. The van der Waals surface area contributed by atoms with Crippen molar-refractivity contribution in [2.24, 2.45) is 0 Å². The maximum atomic E-state index is 12.1. The van der Waals surface area contributed by atoms with Gasteiger partial charge in [0.1, 0.15) is 11.5 Å². The van der Waals surface area contributed by atoms with Crippen LogP contribution >= 0.6 is 11.8 Å². The summed E-state index contributed by atoms with van der Waals surface area (Å²) < 4.78 is 10.4. The molecule has 1 saturated heterocycles. The lowest BCUT2D eigenvalue weighted by molar-refractivity contribution is -0.122. The van der Waals surface area contributed by atoms with Crippen LogP contribution in [0, 0.1) is 12.3 Å². The molecule has 1 aliphatic rings. The Kier molecular flexibility index (Phi) is 4.55. The van der Waals surface area contributed by atoms with Crippen LogP contribution in [0.3, 0.4) is 0 Å². The fourth-order valence-electron chi connectivity index (χ4n) is 1.81. The van der Waals surface area contributed by atoms with Crippen LogP contribution in [-0.2, 0) is 4.79 Å². The first-order valence-electron chi connectivity index (χ1n) is 6.01. The van der Waals surface area contributed by atoms with Gasteiger partial charge in [-0.3, -0.25) is 14.5 Å². The standard InChI is InChI=1S/C15H13NO4S/c1-4-7-16-14(17)13(21-15(16)18)8-10-5-6-11(19-2)9-12(10)20-3/h1,5-6,8-9H,7H2,2-3H3/b13-8+. The van der Waals surface area contributed by atoms with Crippen LogP contribution in [0.2, 0.25) is 0 Å². The highest BCUT2D eigenvalue weighted by atomic mass is 32.2. The molecule has 0 radical (unpaired) electrons. The molecule has 2 amide bonds. The Morgan fingerprint density at radius 3 is 2.71 bits per heavy atom. The molecule has 2 rings (SSSR count). The van der Waals surface area contributed by atoms with Crippen LogP contribution in [0.1, 0.15) is 5.56 Å². The van der Waals surface area contributed by atoms with E-state index in [1.54, 1.807) is 31.4 Å². The van der Waals surface area contributed by atoms with Gasteiger partial charge in [-0.05, 0) is 30.0 Å². The first kappa shape index (κ1) is 15.0. The molecule has 0 saturated carbocycles. The number of carbonyl (C=O) groups is 2. The number of hydrogen-bond donors (Lipinski definition) is 0. The molecule has 6 heteroatoms. The molecule has 0 N–H and O–H groups in total. The number of hydrogen-bond acceptors (Lipinski definition) is 5. The van der Waals surface area contributed by atoms with E-state index in [0.717, 1.165) is 16.7 Å². The third-order valence-electron chi connectivity index (χ3n) is 2.85. The number of methoxy groups -OCH3 is 2. The molecule has 1 aliphatic heterocycles. The van der Waals surface area contributed by atoms with Gasteiger partial charge in [-0.2, -0.15) is 0 Å². The average Bonchev–Trinajstić information content (AvgIpc) is 2.75. The Labute approximate surface area is 126 Å². The third kappa shape index (κ3) is 3.03. The second-order valence-electron chi connectivity index (χ2n) is 4.08. The number of rotatable bonds is 4. The normalized spacial score (nSPS) is 16.2. The second-order valence-corrected chi connectivity index (χ2v) is 5.07. The van der Waals surface area contributed by atoms with Gasteiger partial charge in [-0.15, -0.1) is 6.42 Å². The van der Waals surface area contributed by atoms with E-state index >= 15 is 0 Å². The summed E-state index contributed by atoms with van der Waals surface area (Å²) in [6, 6.07) is 5.21. The topological polar surface area (TPSA) is 55.8 Å². The first-order chi connectivity index (χ1) is 10.1. The molecule has 1 aromatic carbocycles. The molecule has 21 heavy (non-hydrogen) atoms. The minimum atomic E-state index is -0.388. The summed E-state index contributed by atoms with van der Waals surface area (Å²) in [7, 11) is 3.08. The molecule has 0 spiro atoms. The minimum Gasteiger partial charge on any atom is -0.497 e. The molecule has 1 fully saturated rings. The zero-order valence-corrected chi connectivity index (χ0v) is 12.4. The Morgan fingerprint density at radius 2 is 2.10 bits per heavy atom. The molecule has 1 heterocycles. The van der Waals surface area contributed by atoms with E-state index in [1.165, 1.54) is 7.11 Å². The van der Waals surface area contributed by atoms with Crippen LogP contribution in [0.15, 0.2) is 23.1 Å². The second kappa shape index (κ2) is 6.37. The predicted molar refractivity (Wildman–Crippen MR) is 81.1 cm³/mol. The summed E-state index contributed by atoms with van der Waals surface area (Å²) in [6.07, 6.45) is 6.76. The summed E-state index contributed by atoms with van der Waals surface area (Å²) >= 11 is 0.862. The van der Waals surface area contributed by atoms with E-state index < -0.39 is 0 Å². The van der Waals surface area contributed by atoms with Gasteiger partial charge in [0, 0.05) is 11.6 Å². The van der Waals surface area contributed by atoms with Crippen LogP contribution in [0.25, 0.3) is 6.08 Å². The van der Waals surface area contributed by atoms with Crippen LogP contribution in [0.4, 0.5) is 4.79 Å². The van der Waals surface area contributed by atoms with E-state index in [2.05, 4.69) is 5.92 Å². The predicted octanol–water partition coefficient (Wildman–Crippen LogP) is 2.37. The van der Waals surface area contributed by atoms with Crippen molar-refractivity contribution in [1.29, 1.82) is 0 Å². The molecule has 0 unspecified atom stereocenters. The molecular formula is C15H13NO4S. The Bertz CT molecular complexity index is 660. The lowest BCUT2D eigenvalue weighted by Crippen LogP contribution is -2.28. The summed E-state index contributed by atoms with van der Waals surface area (Å²) in [6.45, 7) is -0.0260. The number of ether oxygens (including phenoxy) is 2. The van der Waals surface area contributed by atoms with Gasteiger partial charge in [-0.1, -0.05) is 5.92 Å². The van der Waals surface area contributed by atoms with Crippen molar-refractivity contribution >= 4 is 29.0 Å². The third-order valence-corrected chi connectivity index (χ3v) is 3.76. The largest absolute Gasteiger partial charge is 0.497 e. The molecular weight excluding hydrogens is 290 g/mol. The Morgan fingerprint density at radius 1 is 1.33 bits per heavy atom. The van der Waals surface area contributed by atoms with Gasteiger partial charge in [0.05, 0.1) is 25.7 Å². The monoisotopic (exact) mass is 303 g/mol. The highest BCUT2D eigenvalue weighted by Gasteiger charge is 2.34. The van der Waals surface area contributed by atoms with Crippen LogP contribution < -0.4 is 9.47 Å². The smallest absolute Gasteiger partial charge is 0.294 e. The van der Waals surface area contributed by atoms with Crippen LogP contribution in [-0.4, -0.2) is 36.8 Å². The minimum absolute atomic E-state index is 0.0260. The first-order valence-corrected chi connectivity index (χ1v) is 6.83. The molecule has 108 valence electrons. The highest BCUT2D eigenvalue weighted by Crippen LogP contribution is 2.34. The summed E-state index contributed by atoms with van der Waals surface area (Å²) in [5.74, 6) is 3.10. The van der Waals surface area contributed by atoms with Gasteiger partial charge in [0.15, 0.2) is 0 Å². The average molecular weight is 303 g/mol. The van der Waals surface area contributed by atoms with Gasteiger partial charge >= 0.3 is 0 Å². The van der Waals surface area contributed by atoms with E-state index in [-0.39, 0.29) is 17.7 Å². The maximum Gasteiger partial charge on any atom is 0.294 e. The van der Waals surface area contributed by atoms with Crippen molar-refractivity contribution in [3.8, 4) is 23.8 Å². The van der Waals surface area contributed by atoms with Crippen molar-refractivity contribution in [3.63, 3.8) is 0 Å². The molecule has 0 bridgehead atoms. The fourth-order valence-corrected chi connectivity index (χ4v) is 2.64. The number of benzene rings is 1. The van der Waals surface area contributed by atoms with Gasteiger partial charge in [0.2, 0.25) is 0 Å². The van der Waals surface area contributed by atoms with Crippen molar-refractivity contribution < 1.29 is 19.1 Å². The number of nitrogens with zero attached hydrogens (tertiary/aromatic N) is 1. The number of imide groups is 1. The van der Waals surface area contributed by atoms with Crippen molar-refractivity contribution in [2.75, 3.05) is 20.8 Å². The molecule has 0 aromatic heterocycles. The van der Waals surface area contributed by atoms with Crippen molar-refractivity contribution in [1.82, 2.24) is 4.90 Å². The molecule has 0 atom stereocenters. The summed E-state index contributed by atoms with van der Waals surface area (Å²) in [5, 5.41) is -0.364. The number of amides is 2. The van der Waals surface area contributed by atoms with E-state index in [9.17, 15) is 9.59 Å². The number of thioether (sulfide) groups is 1. The number of terminal acetylenes is 1. The van der Waals surface area contributed by atoms with E-state index in [0.29, 0.717) is 22.0 Å². The molecule has 5 nitrogen and oxygen atoms in total. The van der Waals surface area contributed by atoms with Gasteiger partial charge in [-0.25, -0.2) is 0 Å². The molecule has 0 aliphatic carbocycles. The van der Waals surface area contributed by atoms with Gasteiger partial charge < -0.3 is 9.47 Å². The Hall–Kier alpha value is -2.39. The maximum absolute atomic E-state index is 12.1. The van der Waals surface area contributed by atoms with Gasteiger partial charge in [0.25, 0.3) is 11.1 Å². The van der Waals surface area contributed by atoms with Crippen molar-refractivity contribution in [3.05, 3.63) is 28.7 Å². The fraction of sp³-hybridized carbons (Fsp3) is 0.200. The van der Waals surface area contributed by atoms with E-state index in [1.807, 2.05) is 0 Å². The van der Waals surface area contributed by atoms with E-state index in [4.69, 9.17) is 15.9 Å².